The Morgan fingerprint density at radius 2 is 0.770 bits per heavy atom. The molecule has 10 heteroatoms. The van der Waals surface area contributed by atoms with Gasteiger partial charge in [0.2, 0.25) is 0 Å². The average Bonchev–Trinajstić information content (AvgIpc) is 3.36. The van der Waals surface area contributed by atoms with Crippen LogP contribution in [0.4, 0.5) is 0 Å². The van der Waals surface area contributed by atoms with Crippen molar-refractivity contribution >= 4 is 19.8 Å². The van der Waals surface area contributed by atoms with Gasteiger partial charge in [-0.15, -0.1) is 0 Å². The summed E-state index contributed by atoms with van der Waals surface area (Å²) in [5.41, 5.74) is 0. The molecule has 0 rings (SSSR count). The maximum Gasteiger partial charge on any atom is 0.306 e. The Bertz CT molecular complexity index is 1430. The third kappa shape index (κ3) is 59.0. The summed E-state index contributed by atoms with van der Waals surface area (Å²) >= 11 is 0. The van der Waals surface area contributed by atoms with Crippen LogP contribution in [0.1, 0.15) is 284 Å². The van der Waals surface area contributed by atoms with Gasteiger partial charge in [-0.25, -0.2) is 0 Å². The molecule has 0 aliphatic carbocycles. The molecule has 432 valence electrons. The molecule has 0 saturated heterocycles. The van der Waals surface area contributed by atoms with Crippen molar-refractivity contribution in [1.29, 1.82) is 0 Å². The van der Waals surface area contributed by atoms with Crippen molar-refractivity contribution in [1.82, 2.24) is 0 Å². The van der Waals surface area contributed by atoms with Gasteiger partial charge in [0.15, 0.2) is 6.10 Å². The number of hydrogen-bond donors (Lipinski definition) is 0. The summed E-state index contributed by atoms with van der Waals surface area (Å²) < 4.78 is 34.2. The topological polar surface area (TPSA) is 111 Å². The van der Waals surface area contributed by atoms with Gasteiger partial charge in [-0.3, -0.25) is 14.2 Å². The van der Waals surface area contributed by atoms with E-state index in [1.807, 2.05) is 21.1 Å². The number of quaternary nitrogens is 1. The summed E-state index contributed by atoms with van der Waals surface area (Å²) in [5.74, 6) is -0.819. The first-order chi connectivity index (χ1) is 36.0. The minimum absolute atomic E-state index is 0.0290. The highest BCUT2D eigenvalue weighted by atomic mass is 31.2. The lowest BCUT2D eigenvalue weighted by molar-refractivity contribution is -0.870. The Hall–Kier alpha value is -2.29. The molecule has 0 amide bonds. The Kier molecular flexibility index (Phi) is 53.7. The molecule has 0 saturated carbocycles. The van der Waals surface area contributed by atoms with E-state index in [9.17, 15) is 19.0 Å². The second-order valence-electron chi connectivity index (χ2n) is 22.0. The zero-order valence-corrected chi connectivity index (χ0v) is 49.9. The summed E-state index contributed by atoms with van der Waals surface area (Å²) in [5, 5.41) is 0. The van der Waals surface area contributed by atoms with E-state index in [1.54, 1.807) is 0 Å². The van der Waals surface area contributed by atoms with Crippen molar-refractivity contribution in [2.45, 2.75) is 290 Å². The van der Waals surface area contributed by atoms with Crippen LogP contribution in [-0.4, -0.2) is 70.0 Å². The van der Waals surface area contributed by atoms with Crippen LogP contribution in [0.3, 0.4) is 0 Å². The smallest absolute Gasteiger partial charge is 0.306 e. The van der Waals surface area contributed by atoms with E-state index in [0.29, 0.717) is 17.4 Å². The zero-order valence-electron chi connectivity index (χ0n) is 49.0. The quantitative estimate of drug-likeness (QED) is 0.0195. The number of unbranched alkanes of at least 4 members (excludes halogenated alkanes) is 33. The van der Waals surface area contributed by atoms with Crippen LogP contribution in [0.15, 0.2) is 60.8 Å². The molecule has 0 aromatic carbocycles. The van der Waals surface area contributed by atoms with Gasteiger partial charge in [0, 0.05) is 12.8 Å². The standard InChI is InChI=1S/C64H118NO8P/c1-6-8-10-12-14-16-18-20-22-23-24-25-26-27-28-29-30-31-32-33-34-35-36-37-38-39-40-41-43-45-47-49-51-53-55-57-64(67)73-62(61-72-74(68,69)71-59-58-65(3,4)5)60-70-63(66)56-54-52-50-48-46-44-42-21-19-17-15-13-11-9-7-2/h8,10,14,16,20,22,24-25,27-28,62H,6-7,9,11-13,15,17-19,21,23,26,29-61H2,1-5H3/b10-8-,16-14-,22-20-,25-24-,28-27-. The van der Waals surface area contributed by atoms with Crippen LogP contribution in [-0.2, 0) is 32.7 Å². The minimum atomic E-state index is -4.63. The van der Waals surface area contributed by atoms with E-state index in [0.717, 1.165) is 70.6 Å². The van der Waals surface area contributed by atoms with Crippen LogP contribution in [0, 0.1) is 0 Å². The highest BCUT2D eigenvalue weighted by Crippen LogP contribution is 2.38. The molecule has 0 aliphatic heterocycles. The number of rotatable bonds is 57. The summed E-state index contributed by atoms with van der Waals surface area (Å²) in [7, 11) is 1.18. The molecular weight excluding hydrogens is 942 g/mol. The Labute approximate surface area is 457 Å². The van der Waals surface area contributed by atoms with E-state index in [2.05, 4.69) is 74.6 Å². The molecular formula is C64H118NO8P. The number of likely N-dealkylation sites (N-methyl/N-ethyl adjacent to an activating group) is 1. The van der Waals surface area contributed by atoms with Gasteiger partial charge >= 0.3 is 11.9 Å². The van der Waals surface area contributed by atoms with Crippen molar-refractivity contribution in [3.05, 3.63) is 60.8 Å². The van der Waals surface area contributed by atoms with Crippen LogP contribution in [0.25, 0.3) is 0 Å². The van der Waals surface area contributed by atoms with Crippen LogP contribution in [0.2, 0.25) is 0 Å². The minimum Gasteiger partial charge on any atom is -0.756 e. The van der Waals surface area contributed by atoms with E-state index >= 15 is 0 Å². The summed E-state index contributed by atoms with van der Waals surface area (Å²) in [4.78, 5) is 37.9. The lowest BCUT2D eigenvalue weighted by atomic mass is 10.0. The predicted molar refractivity (Wildman–Crippen MR) is 314 cm³/mol. The number of ether oxygens (including phenoxy) is 2. The van der Waals surface area contributed by atoms with Gasteiger partial charge in [0.25, 0.3) is 7.82 Å². The Balaban J connectivity index is 3.99. The molecule has 2 unspecified atom stereocenters. The van der Waals surface area contributed by atoms with Crippen molar-refractivity contribution in [2.75, 3.05) is 47.5 Å². The summed E-state index contributed by atoms with van der Waals surface area (Å²) in [6, 6.07) is 0. The number of phosphoric ester groups is 1. The number of phosphoric acid groups is 1. The fraction of sp³-hybridized carbons (Fsp3) is 0.812. The molecule has 0 N–H and O–H groups in total. The summed E-state index contributed by atoms with van der Waals surface area (Å²) in [6.45, 7) is 4.16. The fourth-order valence-electron chi connectivity index (χ4n) is 8.80. The van der Waals surface area contributed by atoms with Gasteiger partial charge in [0.1, 0.15) is 19.8 Å². The SMILES string of the molecule is CC/C=C\C/C=C\C/C=C\C/C=C\C/C=C\CCCCCCCCCCCCCCCCCCCCCC(=O)OC(COC(=O)CCCCCCCCCCCCCCCCC)COP(=O)([O-])OCC[N+](C)(C)C. The largest absolute Gasteiger partial charge is 0.756 e. The molecule has 0 aromatic rings. The molecule has 0 heterocycles. The second kappa shape index (κ2) is 55.5. The molecule has 9 nitrogen and oxygen atoms in total. The first kappa shape index (κ1) is 71.7. The third-order valence-corrected chi connectivity index (χ3v) is 14.5. The molecule has 0 bridgehead atoms. The molecule has 2 atom stereocenters. The van der Waals surface area contributed by atoms with E-state index in [1.165, 1.54) is 180 Å². The maximum atomic E-state index is 12.8. The predicted octanol–water partition coefficient (Wildman–Crippen LogP) is 18.9. The molecule has 0 spiro atoms. The monoisotopic (exact) mass is 1060 g/mol. The molecule has 0 fully saturated rings. The van der Waals surface area contributed by atoms with Crippen LogP contribution >= 0.6 is 7.82 Å². The number of hydrogen-bond acceptors (Lipinski definition) is 8. The van der Waals surface area contributed by atoms with Crippen molar-refractivity contribution in [3.8, 4) is 0 Å². The van der Waals surface area contributed by atoms with Crippen molar-refractivity contribution in [3.63, 3.8) is 0 Å². The average molecular weight is 1060 g/mol. The first-order valence-electron chi connectivity index (χ1n) is 31.0. The van der Waals surface area contributed by atoms with Gasteiger partial charge in [0.05, 0.1) is 27.7 Å². The third-order valence-electron chi connectivity index (χ3n) is 13.6. The van der Waals surface area contributed by atoms with Gasteiger partial charge in [-0.1, -0.05) is 274 Å². The lowest BCUT2D eigenvalue weighted by Gasteiger charge is -2.28. The maximum absolute atomic E-state index is 12.8. The number of allylic oxidation sites excluding steroid dienone is 10. The number of esters is 2. The number of nitrogens with zero attached hydrogens (tertiary/aromatic N) is 1. The number of carbonyl (C=O) groups is 2. The van der Waals surface area contributed by atoms with Crippen molar-refractivity contribution < 1.29 is 42.1 Å². The van der Waals surface area contributed by atoms with Gasteiger partial charge in [-0.2, -0.15) is 0 Å². The highest BCUT2D eigenvalue weighted by Gasteiger charge is 2.22. The lowest BCUT2D eigenvalue weighted by Crippen LogP contribution is -2.37. The van der Waals surface area contributed by atoms with E-state index in [-0.39, 0.29) is 32.0 Å². The molecule has 74 heavy (non-hydrogen) atoms. The second-order valence-corrected chi connectivity index (χ2v) is 23.5. The summed E-state index contributed by atoms with van der Waals surface area (Å²) in [6.07, 6.45) is 71.4. The Morgan fingerprint density at radius 3 is 1.15 bits per heavy atom. The van der Waals surface area contributed by atoms with Crippen LogP contribution < -0.4 is 4.89 Å². The molecule has 0 aromatic heterocycles. The van der Waals surface area contributed by atoms with Gasteiger partial charge < -0.3 is 27.9 Å². The normalized spacial score (nSPS) is 13.6. The fourth-order valence-corrected chi connectivity index (χ4v) is 9.53. The van der Waals surface area contributed by atoms with Crippen molar-refractivity contribution in [2.24, 2.45) is 0 Å². The zero-order chi connectivity index (χ0) is 54.2. The highest BCUT2D eigenvalue weighted by molar-refractivity contribution is 7.45. The van der Waals surface area contributed by atoms with Gasteiger partial charge in [-0.05, 0) is 57.8 Å². The van der Waals surface area contributed by atoms with E-state index < -0.39 is 26.5 Å². The van der Waals surface area contributed by atoms with E-state index in [4.69, 9.17) is 18.5 Å². The molecule has 0 radical (unpaired) electrons. The Morgan fingerprint density at radius 1 is 0.432 bits per heavy atom. The molecule has 0 aliphatic rings. The van der Waals surface area contributed by atoms with Crippen LogP contribution in [0.5, 0.6) is 0 Å². The first-order valence-corrected chi connectivity index (χ1v) is 32.5. The number of carbonyl (C=O) groups excluding carboxylic acids is 2.